The molecule has 132 valence electrons. The highest BCUT2D eigenvalue weighted by Gasteiger charge is 2.79. The molecule has 0 unspecified atom stereocenters. The van der Waals surface area contributed by atoms with E-state index in [-0.39, 0.29) is 17.3 Å². The number of carbonyl (C=O) groups is 2. The minimum atomic E-state index is -0.442. The van der Waals surface area contributed by atoms with Crippen molar-refractivity contribution in [3.05, 3.63) is 0 Å². The van der Waals surface area contributed by atoms with Crippen LogP contribution < -0.4 is 0 Å². The van der Waals surface area contributed by atoms with Crippen LogP contribution in [0.15, 0.2) is 0 Å². The number of fused-ring (bicyclic) bond motifs is 7. The Morgan fingerprint density at radius 3 is 2.67 bits per heavy atom. The Morgan fingerprint density at radius 1 is 1.12 bits per heavy atom. The number of epoxide rings is 1. The van der Waals surface area contributed by atoms with Gasteiger partial charge in [-0.25, -0.2) is 0 Å². The van der Waals surface area contributed by atoms with Crippen LogP contribution in [0.1, 0.15) is 72.1 Å². The van der Waals surface area contributed by atoms with Crippen LogP contribution in [-0.4, -0.2) is 23.3 Å². The van der Waals surface area contributed by atoms with Gasteiger partial charge in [-0.1, -0.05) is 13.8 Å². The minimum Gasteiger partial charge on any atom is -0.357 e. The van der Waals surface area contributed by atoms with Crippen molar-refractivity contribution in [2.45, 2.75) is 83.8 Å². The molecule has 0 aromatic carbocycles. The van der Waals surface area contributed by atoms with Crippen molar-refractivity contribution in [3.8, 4) is 0 Å². The van der Waals surface area contributed by atoms with Gasteiger partial charge in [0.2, 0.25) is 0 Å². The fraction of sp³-hybridized carbons (Fsp3) is 0.905. The summed E-state index contributed by atoms with van der Waals surface area (Å²) in [7, 11) is 0. The molecular weight excluding hydrogens is 300 g/mol. The highest BCUT2D eigenvalue weighted by atomic mass is 16.6. The second kappa shape index (κ2) is 4.52. The van der Waals surface area contributed by atoms with Gasteiger partial charge in [0.1, 0.15) is 5.78 Å². The second-order valence-corrected chi connectivity index (χ2v) is 9.99. The van der Waals surface area contributed by atoms with Crippen molar-refractivity contribution in [2.75, 3.05) is 0 Å². The summed E-state index contributed by atoms with van der Waals surface area (Å²) in [5, 5.41) is 0. The fourth-order valence-electron chi connectivity index (χ4n) is 8.11. The first-order valence-corrected chi connectivity index (χ1v) is 10.0. The standard InChI is InChI=1S/C21H30O3/c1-12(22)21-18(24-21)11-17-15-5-4-13-10-14(23)6-8-19(13,2)16(15)7-9-20(17,21)3/h13,15-18H,4-11H2,1-3H3/t13-,15+,16-,17+,18+,19-,20-,21+/m0/s1. The molecule has 1 saturated heterocycles. The number of Topliss-reactive ketones (excluding diaryl/α,β-unsaturated/α-hetero) is 2. The van der Waals surface area contributed by atoms with Gasteiger partial charge in [0, 0.05) is 18.3 Å². The van der Waals surface area contributed by atoms with Crippen molar-refractivity contribution >= 4 is 11.6 Å². The average Bonchev–Trinajstić information content (AvgIpc) is 3.21. The lowest BCUT2D eigenvalue weighted by molar-refractivity contribution is -0.151. The van der Waals surface area contributed by atoms with E-state index in [1.165, 1.54) is 19.3 Å². The van der Waals surface area contributed by atoms with Gasteiger partial charge in [-0.15, -0.1) is 0 Å². The van der Waals surface area contributed by atoms with Crippen LogP contribution in [0.5, 0.6) is 0 Å². The molecule has 0 amide bonds. The zero-order chi connectivity index (χ0) is 16.9. The van der Waals surface area contributed by atoms with E-state index in [1.807, 2.05) is 0 Å². The summed E-state index contributed by atoms with van der Waals surface area (Å²) in [6, 6.07) is 0. The Kier molecular flexibility index (Phi) is 2.93. The van der Waals surface area contributed by atoms with Gasteiger partial charge in [0.15, 0.2) is 11.4 Å². The SMILES string of the molecule is CC(=O)[C@@]12O[C@@H]1C[C@@H]1[C@@H]3CC[C@H]4CC(=O)CC[C@]4(C)[C@H]3CC[C@@]12C. The highest BCUT2D eigenvalue weighted by molar-refractivity contribution is 5.90. The monoisotopic (exact) mass is 330 g/mol. The molecule has 0 spiro atoms. The van der Waals surface area contributed by atoms with E-state index in [0.29, 0.717) is 23.0 Å². The fourth-order valence-corrected chi connectivity index (χ4v) is 8.11. The molecule has 24 heavy (non-hydrogen) atoms. The molecule has 3 heteroatoms. The van der Waals surface area contributed by atoms with Crippen molar-refractivity contribution in [3.63, 3.8) is 0 Å². The number of hydrogen-bond donors (Lipinski definition) is 0. The maximum Gasteiger partial charge on any atom is 0.164 e. The van der Waals surface area contributed by atoms with E-state index >= 15 is 0 Å². The van der Waals surface area contributed by atoms with Crippen LogP contribution >= 0.6 is 0 Å². The molecular formula is C21H30O3. The summed E-state index contributed by atoms with van der Waals surface area (Å²) in [6.45, 7) is 6.57. The number of carbonyl (C=O) groups excluding carboxylic acids is 2. The molecule has 0 aromatic heterocycles. The van der Waals surface area contributed by atoms with Gasteiger partial charge < -0.3 is 4.74 Å². The lowest BCUT2D eigenvalue weighted by Crippen LogP contribution is -2.56. The molecule has 4 aliphatic carbocycles. The van der Waals surface area contributed by atoms with Crippen molar-refractivity contribution in [1.29, 1.82) is 0 Å². The topological polar surface area (TPSA) is 46.7 Å². The normalized spacial score (nSPS) is 58.3. The van der Waals surface area contributed by atoms with Crippen LogP contribution in [0.4, 0.5) is 0 Å². The van der Waals surface area contributed by atoms with Crippen molar-refractivity contribution in [1.82, 2.24) is 0 Å². The summed E-state index contributed by atoms with van der Waals surface area (Å²) in [4.78, 5) is 24.4. The van der Waals surface area contributed by atoms with Gasteiger partial charge in [0.25, 0.3) is 0 Å². The van der Waals surface area contributed by atoms with Crippen molar-refractivity contribution in [2.24, 2.45) is 34.5 Å². The zero-order valence-electron chi connectivity index (χ0n) is 15.3. The highest BCUT2D eigenvalue weighted by Crippen LogP contribution is 2.73. The first-order chi connectivity index (χ1) is 11.3. The van der Waals surface area contributed by atoms with E-state index in [2.05, 4.69) is 13.8 Å². The van der Waals surface area contributed by atoms with E-state index in [0.717, 1.165) is 43.9 Å². The van der Waals surface area contributed by atoms with Crippen LogP contribution in [-0.2, 0) is 14.3 Å². The average molecular weight is 330 g/mol. The van der Waals surface area contributed by atoms with Gasteiger partial charge in [-0.2, -0.15) is 0 Å². The zero-order valence-corrected chi connectivity index (χ0v) is 15.3. The van der Waals surface area contributed by atoms with Crippen LogP contribution in [0.2, 0.25) is 0 Å². The largest absolute Gasteiger partial charge is 0.357 e. The predicted molar refractivity (Wildman–Crippen MR) is 90.4 cm³/mol. The number of hydrogen-bond acceptors (Lipinski definition) is 3. The number of ketones is 2. The lowest BCUT2D eigenvalue weighted by Gasteiger charge is -2.60. The summed E-state index contributed by atoms with van der Waals surface area (Å²) in [5.41, 5.74) is -0.0313. The Labute approximate surface area is 144 Å². The summed E-state index contributed by atoms with van der Waals surface area (Å²) < 4.78 is 6.01. The van der Waals surface area contributed by atoms with Gasteiger partial charge >= 0.3 is 0 Å². The Hall–Kier alpha value is -0.700. The van der Waals surface area contributed by atoms with E-state index in [4.69, 9.17) is 4.74 Å². The smallest absolute Gasteiger partial charge is 0.164 e. The summed E-state index contributed by atoms with van der Waals surface area (Å²) >= 11 is 0. The third kappa shape index (κ3) is 1.59. The Balaban J connectivity index is 1.48. The van der Waals surface area contributed by atoms with E-state index in [9.17, 15) is 9.59 Å². The molecule has 0 N–H and O–H groups in total. The van der Waals surface area contributed by atoms with Gasteiger partial charge in [-0.05, 0) is 74.5 Å². The molecule has 5 fully saturated rings. The first kappa shape index (κ1) is 15.5. The van der Waals surface area contributed by atoms with E-state index < -0.39 is 5.60 Å². The van der Waals surface area contributed by atoms with E-state index in [1.54, 1.807) is 6.92 Å². The minimum absolute atomic E-state index is 0.0539. The molecule has 0 radical (unpaired) electrons. The third-order valence-electron chi connectivity index (χ3n) is 9.44. The molecule has 0 bridgehead atoms. The third-order valence-corrected chi connectivity index (χ3v) is 9.44. The second-order valence-electron chi connectivity index (χ2n) is 9.99. The molecule has 5 rings (SSSR count). The maximum absolute atomic E-state index is 12.4. The van der Waals surface area contributed by atoms with Gasteiger partial charge in [0.05, 0.1) is 6.10 Å². The summed E-state index contributed by atoms with van der Waals surface area (Å²) in [6.07, 6.45) is 8.84. The molecule has 0 aromatic rings. The molecule has 8 atom stereocenters. The number of ether oxygens (including phenoxy) is 1. The number of rotatable bonds is 1. The van der Waals surface area contributed by atoms with Crippen LogP contribution in [0.3, 0.4) is 0 Å². The molecule has 5 aliphatic rings. The van der Waals surface area contributed by atoms with Crippen LogP contribution in [0, 0.1) is 34.5 Å². The Morgan fingerprint density at radius 2 is 1.92 bits per heavy atom. The Bertz CT molecular complexity index is 627. The lowest BCUT2D eigenvalue weighted by atomic mass is 9.44. The van der Waals surface area contributed by atoms with Gasteiger partial charge in [-0.3, -0.25) is 9.59 Å². The molecule has 1 heterocycles. The maximum atomic E-state index is 12.4. The molecule has 1 aliphatic heterocycles. The first-order valence-electron chi connectivity index (χ1n) is 10.0. The summed E-state index contributed by atoms with van der Waals surface area (Å²) in [5.74, 6) is 3.50. The predicted octanol–water partition coefficient (Wildman–Crippen LogP) is 3.93. The molecule has 4 saturated carbocycles. The van der Waals surface area contributed by atoms with Crippen LogP contribution in [0.25, 0.3) is 0 Å². The quantitative estimate of drug-likeness (QED) is 0.684. The van der Waals surface area contributed by atoms with Crippen molar-refractivity contribution < 1.29 is 14.3 Å². The molecule has 3 nitrogen and oxygen atoms in total.